The molecule has 0 aliphatic heterocycles. The topological polar surface area (TPSA) is 0 Å². The number of hydrogen-bond donors (Lipinski definition) is 0. The van der Waals surface area contributed by atoms with Crippen LogP contribution < -0.4 is 0 Å². The Morgan fingerprint density at radius 3 is 2.73 bits per heavy atom. The smallest absolute Gasteiger partial charge is 0.0969 e. The molecule has 0 fully saturated rings. The highest BCUT2D eigenvalue weighted by Crippen LogP contribution is 2.33. The van der Waals surface area contributed by atoms with Gasteiger partial charge in [0.15, 0.2) is 0 Å². The molecule has 0 unspecified atom stereocenters. The predicted octanol–water partition coefficient (Wildman–Crippen LogP) is 3.86. The summed E-state index contributed by atoms with van der Waals surface area (Å²) < 4.78 is 2.18. The van der Waals surface area contributed by atoms with Gasteiger partial charge >= 0.3 is 0 Å². The van der Waals surface area contributed by atoms with Crippen LogP contribution in [0.3, 0.4) is 0 Å². The molecule has 11 heavy (non-hydrogen) atoms. The van der Waals surface area contributed by atoms with E-state index in [0.29, 0.717) is 0 Å². The van der Waals surface area contributed by atoms with E-state index in [1.54, 1.807) is 11.3 Å². The highest BCUT2D eigenvalue weighted by atomic mass is 35.5. The molecular formula is C9H7ClS. The number of hydrogen-bond acceptors (Lipinski definition) is 1. The summed E-state index contributed by atoms with van der Waals surface area (Å²) in [5, 5.41) is 1.28. The van der Waals surface area contributed by atoms with Gasteiger partial charge in [-0.1, -0.05) is 29.8 Å². The second-order valence-electron chi connectivity index (χ2n) is 2.50. The number of fused-ring (bicyclic) bond motifs is 1. The third-order valence-electron chi connectivity index (χ3n) is 1.79. The Morgan fingerprint density at radius 1 is 1.27 bits per heavy atom. The molecule has 0 radical (unpaired) electrons. The lowest BCUT2D eigenvalue weighted by Crippen LogP contribution is -1.65. The Hall–Kier alpha value is -0.530. The summed E-state index contributed by atoms with van der Waals surface area (Å²) in [4.78, 5) is 0. The lowest BCUT2D eigenvalue weighted by atomic mass is 10.2. The van der Waals surface area contributed by atoms with E-state index in [4.69, 9.17) is 11.6 Å². The van der Waals surface area contributed by atoms with Crippen LogP contribution in [0.15, 0.2) is 24.3 Å². The summed E-state index contributed by atoms with van der Waals surface area (Å²) in [6.45, 7) is 2.06. The largest absolute Gasteiger partial charge is 0.123 e. The second kappa shape index (κ2) is 2.50. The van der Waals surface area contributed by atoms with Crippen molar-refractivity contribution in [2.24, 2.45) is 0 Å². The molecule has 1 aromatic carbocycles. The number of aryl methyl sites for hydroxylation is 1. The molecule has 0 amide bonds. The molecule has 0 bridgehead atoms. The molecule has 0 aliphatic rings. The first kappa shape index (κ1) is 7.14. The first-order chi connectivity index (χ1) is 5.29. The van der Waals surface area contributed by atoms with Crippen LogP contribution in [0.1, 0.15) is 5.56 Å². The maximum Gasteiger partial charge on any atom is 0.0969 e. The van der Waals surface area contributed by atoms with Crippen LogP contribution >= 0.6 is 22.9 Å². The van der Waals surface area contributed by atoms with Gasteiger partial charge in [-0.05, 0) is 23.9 Å². The zero-order valence-corrected chi connectivity index (χ0v) is 7.67. The number of thiophene rings is 1. The Kier molecular flexibility index (Phi) is 1.63. The molecule has 2 heteroatoms. The average Bonchev–Trinajstić information content (AvgIpc) is 2.30. The van der Waals surface area contributed by atoms with Gasteiger partial charge in [0.25, 0.3) is 0 Å². The van der Waals surface area contributed by atoms with Crippen molar-refractivity contribution in [1.29, 1.82) is 0 Å². The third-order valence-corrected chi connectivity index (χ3v) is 3.36. The predicted molar refractivity (Wildman–Crippen MR) is 51.6 cm³/mol. The number of halogens is 1. The van der Waals surface area contributed by atoms with Crippen LogP contribution in [0, 0.1) is 6.92 Å². The molecule has 0 saturated heterocycles. The Labute approximate surface area is 74.4 Å². The van der Waals surface area contributed by atoms with Crippen LogP contribution in [0.5, 0.6) is 0 Å². The standard InChI is InChI=1S/C9H7ClS/c1-6-7-4-2-3-5-8(7)11-9(6)10/h2-5H,1H3. The summed E-state index contributed by atoms with van der Waals surface area (Å²) in [5.74, 6) is 0. The zero-order valence-electron chi connectivity index (χ0n) is 6.10. The van der Waals surface area contributed by atoms with Crippen molar-refractivity contribution in [3.63, 3.8) is 0 Å². The molecule has 0 nitrogen and oxygen atoms in total. The first-order valence-corrected chi connectivity index (χ1v) is 4.62. The molecule has 1 heterocycles. The summed E-state index contributed by atoms with van der Waals surface area (Å²) in [6.07, 6.45) is 0. The minimum atomic E-state index is 0.909. The fourth-order valence-corrected chi connectivity index (χ4v) is 2.43. The highest BCUT2D eigenvalue weighted by molar-refractivity contribution is 7.22. The van der Waals surface area contributed by atoms with Gasteiger partial charge in [-0.15, -0.1) is 11.3 Å². The maximum atomic E-state index is 5.97. The number of benzene rings is 1. The Morgan fingerprint density at radius 2 is 2.00 bits per heavy atom. The lowest BCUT2D eigenvalue weighted by Gasteiger charge is -1.87. The van der Waals surface area contributed by atoms with Crippen LogP contribution in [-0.4, -0.2) is 0 Å². The van der Waals surface area contributed by atoms with Gasteiger partial charge < -0.3 is 0 Å². The van der Waals surface area contributed by atoms with E-state index in [1.165, 1.54) is 15.6 Å². The van der Waals surface area contributed by atoms with Crippen molar-refractivity contribution in [3.05, 3.63) is 34.2 Å². The minimum Gasteiger partial charge on any atom is -0.123 e. The molecule has 0 N–H and O–H groups in total. The molecule has 0 atom stereocenters. The Bertz CT molecular complexity index is 389. The van der Waals surface area contributed by atoms with E-state index < -0.39 is 0 Å². The summed E-state index contributed by atoms with van der Waals surface area (Å²) in [6, 6.07) is 8.28. The average molecular weight is 183 g/mol. The molecule has 2 rings (SSSR count). The fraction of sp³-hybridized carbons (Fsp3) is 0.111. The van der Waals surface area contributed by atoms with Crippen molar-refractivity contribution in [3.8, 4) is 0 Å². The van der Waals surface area contributed by atoms with Gasteiger partial charge in [0.05, 0.1) is 4.34 Å². The second-order valence-corrected chi connectivity index (χ2v) is 4.15. The van der Waals surface area contributed by atoms with Gasteiger partial charge in [-0.2, -0.15) is 0 Å². The number of rotatable bonds is 0. The van der Waals surface area contributed by atoms with E-state index in [9.17, 15) is 0 Å². The van der Waals surface area contributed by atoms with Crippen LogP contribution in [-0.2, 0) is 0 Å². The summed E-state index contributed by atoms with van der Waals surface area (Å²) in [7, 11) is 0. The molecular weight excluding hydrogens is 176 g/mol. The van der Waals surface area contributed by atoms with E-state index in [0.717, 1.165) is 4.34 Å². The van der Waals surface area contributed by atoms with Crippen LogP contribution in [0.4, 0.5) is 0 Å². The van der Waals surface area contributed by atoms with Crippen molar-refractivity contribution in [2.75, 3.05) is 0 Å². The molecule has 0 saturated carbocycles. The van der Waals surface area contributed by atoms with Crippen molar-refractivity contribution >= 4 is 33.0 Å². The van der Waals surface area contributed by atoms with Gasteiger partial charge in [0.1, 0.15) is 0 Å². The highest BCUT2D eigenvalue weighted by Gasteiger charge is 2.03. The van der Waals surface area contributed by atoms with Crippen LogP contribution in [0.25, 0.3) is 10.1 Å². The van der Waals surface area contributed by atoms with E-state index in [2.05, 4.69) is 19.1 Å². The molecule has 0 aliphatic carbocycles. The lowest BCUT2D eigenvalue weighted by molar-refractivity contribution is 1.60. The summed E-state index contributed by atoms with van der Waals surface area (Å²) >= 11 is 7.61. The summed E-state index contributed by atoms with van der Waals surface area (Å²) in [5.41, 5.74) is 1.20. The Balaban J connectivity index is 2.92. The molecule has 1 aromatic heterocycles. The van der Waals surface area contributed by atoms with Crippen molar-refractivity contribution in [2.45, 2.75) is 6.92 Å². The van der Waals surface area contributed by atoms with E-state index in [-0.39, 0.29) is 0 Å². The maximum absolute atomic E-state index is 5.97. The van der Waals surface area contributed by atoms with Gasteiger partial charge in [-0.3, -0.25) is 0 Å². The van der Waals surface area contributed by atoms with Gasteiger partial charge in [-0.25, -0.2) is 0 Å². The molecule has 2 aromatic rings. The first-order valence-electron chi connectivity index (χ1n) is 3.42. The monoisotopic (exact) mass is 182 g/mol. The van der Waals surface area contributed by atoms with Crippen LogP contribution in [0.2, 0.25) is 4.34 Å². The zero-order chi connectivity index (χ0) is 7.84. The van der Waals surface area contributed by atoms with Gasteiger partial charge in [0.2, 0.25) is 0 Å². The van der Waals surface area contributed by atoms with E-state index >= 15 is 0 Å². The third kappa shape index (κ3) is 1.05. The quantitative estimate of drug-likeness (QED) is 0.581. The molecule has 56 valence electrons. The van der Waals surface area contributed by atoms with Gasteiger partial charge in [0, 0.05) is 4.70 Å². The molecule has 0 spiro atoms. The minimum absolute atomic E-state index is 0.909. The normalized spacial score (nSPS) is 10.7. The van der Waals surface area contributed by atoms with Crippen molar-refractivity contribution < 1.29 is 0 Å². The fourth-order valence-electron chi connectivity index (χ4n) is 1.14. The SMILES string of the molecule is Cc1c(Cl)sc2ccccc12. The van der Waals surface area contributed by atoms with E-state index in [1.807, 2.05) is 12.1 Å². The van der Waals surface area contributed by atoms with Crippen molar-refractivity contribution in [1.82, 2.24) is 0 Å².